The molecule has 0 spiro atoms. The first-order valence-electron chi connectivity index (χ1n) is 8.54. The van der Waals surface area contributed by atoms with Crippen LogP contribution in [0.1, 0.15) is 30.9 Å². The molecule has 0 aromatic heterocycles. The first-order valence-corrected chi connectivity index (χ1v) is 10.4. The minimum Gasteiger partial charge on any atom is -0.273 e. The molecule has 1 amide bonds. The molecule has 1 aliphatic carbocycles. The summed E-state index contributed by atoms with van der Waals surface area (Å²) in [4.78, 5) is 11.8. The third-order valence-electron chi connectivity index (χ3n) is 4.27. The molecule has 0 saturated heterocycles. The monoisotopic (exact) mass is 405 g/mol. The number of halogens is 1. The van der Waals surface area contributed by atoms with Gasteiger partial charge in [0.2, 0.25) is 15.9 Å². The van der Waals surface area contributed by atoms with E-state index in [9.17, 15) is 13.2 Å². The largest absolute Gasteiger partial charge is 0.273 e. The van der Waals surface area contributed by atoms with Crippen LogP contribution in [0, 0.1) is 5.92 Å². The smallest absolute Gasteiger partial charge is 0.243 e. The van der Waals surface area contributed by atoms with E-state index in [1.54, 1.807) is 43.3 Å². The fourth-order valence-corrected chi connectivity index (χ4v) is 3.62. The Hall–Kier alpha value is -2.22. The number of hydrogen-bond acceptors (Lipinski definition) is 4. The molecule has 1 fully saturated rings. The quantitative estimate of drug-likeness (QED) is 0.548. The van der Waals surface area contributed by atoms with Gasteiger partial charge in [0.15, 0.2) is 0 Å². The topological polar surface area (TPSA) is 87.6 Å². The van der Waals surface area contributed by atoms with E-state index >= 15 is 0 Å². The van der Waals surface area contributed by atoms with E-state index in [1.165, 1.54) is 12.1 Å². The summed E-state index contributed by atoms with van der Waals surface area (Å²) in [5, 5.41) is 4.58. The third-order valence-corrected chi connectivity index (χ3v) is 6.06. The fraction of sp³-hybridized carbons (Fsp3) is 0.263. The van der Waals surface area contributed by atoms with Crippen LogP contribution < -0.4 is 10.1 Å². The highest BCUT2D eigenvalue weighted by molar-refractivity contribution is 7.89. The molecular formula is C19H20ClN3O3S. The van der Waals surface area contributed by atoms with Gasteiger partial charge in [-0.1, -0.05) is 41.9 Å². The van der Waals surface area contributed by atoms with Crippen molar-refractivity contribution in [2.45, 2.75) is 31.2 Å². The predicted octanol–water partition coefficient (Wildman–Crippen LogP) is 3.07. The van der Waals surface area contributed by atoms with Crippen molar-refractivity contribution in [3.8, 4) is 0 Å². The van der Waals surface area contributed by atoms with Gasteiger partial charge in [-0.3, -0.25) is 4.79 Å². The van der Waals surface area contributed by atoms with Crippen molar-refractivity contribution in [2.75, 3.05) is 0 Å². The number of carbonyl (C=O) groups is 1. The van der Waals surface area contributed by atoms with Gasteiger partial charge in [-0.25, -0.2) is 18.6 Å². The Balaban J connectivity index is 1.65. The Labute approximate surface area is 163 Å². The lowest BCUT2D eigenvalue weighted by Gasteiger charge is -2.09. The molecule has 2 aromatic carbocycles. The number of nitrogens with one attached hydrogen (secondary N) is 2. The summed E-state index contributed by atoms with van der Waals surface area (Å²) in [5.74, 6) is 0.00980. The van der Waals surface area contributed by atoms with E-state index < -0.39 is 10.0 Å². The van der Waals surface area contributed by atoms with Gasteiger partial charge in [0.25, 0.3) is 0 Å². The molecule has 0 radical (unpaired) electrons. The highest BCUT2D eigenvalue weighted by Crippen LogP contribution is 2.28. The lowest BCUT2D eigenvalue weighted by atomic mass is 10.1. The van der Waals surface area contributed by atoms with Gasteiger partial charge in [0.05, 0.1) is 10.6 Å². The Morgan fingerprint density at radius 2 is 1.81 bits per heavy atom. The van der Waals surface area contributed by atoms with Crippen molar-refractivity contribution in [3.63, 3.8) is 0 Å². The van der Waals surface area contributed by atoms with Crippen LogP contribution in [0.25, 0.3) is 0 Å². The maximum atomic E-state index is 12.5. The van der Waals surface area contributed by atoms with Crippen LogP contribution in [0.4, 0.5) is 0 Å². The summed E-state index contributed by atoms with van der Waals surface area (Å²) in [7, 11) is -3.66. The number of hydrazone groups is 1. The van der Waals surface area contributed by atoms with Crippen molar-refractivity contribution in [2.24, 2.45) is 11.0 Å². The second-order valence-corrected chi connectivity index (χ2v) is 8.56. The number of nitrogens with zero attached hydrogens (tertiary/aromatic N) is 1. The van der Waals surface area contributed by atoms with Gasteiger partial charge in [-0.05, 0) is 49.1 Å². The van der Waals surface area contributed by atoms with E-state index in [-0.39, 0.29) is 23.3 Å². The van der Waals surface area contributed by atoms with Crippen LogP contribution in [0.15, 0.2) is 58.5 Å². The number of carbonyl (C=O) groups excluding carboxylic acids is 1. The zero-order chi connectivity index (χ0) is 19.4. The van der Waals surface area contributed by atoms with Crippen LogP contribution in [-0.2, 0) is 21.4 Å². The van der Waals surface area contributed by atoms with Gasteiger partial charge in [0.1, 0.15) is 0 Å². The van der Waals surface area contributed by atoms with Gasteiger partial charge < -0.3 is 0 Å². The summed E-state index contributed by atoms with van der Waals surface area (Å²) in [6.07, 6.45) is 1.82. The lowest BCUT2D eigenvalue weighted by molar-refractivity contribution is -0.122. The highest BCUT2D eigenvalue weighted by Gasteiger charge is 2.29. The van der Waals surface area contributed by atoms with E-state index in [4.69, 9.17) is 11.6 Å². The molecule has 2 N–H and O–H groups in total. The number of sulfonamides is 1. The Morgan fingerprint density at radius 3 is 2.44 bits per heavy atom. The maximum absolute atomic E-state index is 12.5. The predicted molar refractivity (Wildman–Crippen MR) is 105 cm³/mol. The van der Waals surface area contributed by atoms with Crippen LogP contribution in [0.5, 0.6) is 0 Å². The van der Waals surface area contributed by atoms with Gasteiger partial charge >= 0.3 is 0 Å². The number of rotatable bonds is 7. The zero-order valence-corrected chi connectivity index (χ0v) is 16.3. The molecule has 2 aromatic rings. The maximum Gasteiger partial charge on any atom is 0.243 e. The average Bonchev–Trinajstić information content (AvgIpc) is 3.50. The first-order chi connectivity index (χ1) is 12.9. The summed E-state index contributed by atoms with van der Waals surface area (Å²) < 4.78 is 27.4. The first kappa shape index (κ1) is 19.5. The minimum absolute atomic E-state index is 0.0719. The van der Waals surface area contributed by atoms with Crippen LogP contribution in [0.3, 0.4) is 0 Å². The van der Waals surface area contributed by atoms with Gasteiger partial charge in [0, 0.05) is 17.5 Å². The van der Waals surface area contributed by atoms with Crippen LogP contribution >= 0.6 is 11.6 Å². The van der Waals surface area contributed by atoms with E-state index in [0.29, 0.717) is 16.3 Å². The van der Waals surface area contributed by atoms with Crippen molar-refractivity contribution < 1.29 is 13.2 Å². The van der Waals surface area contributed by atoms with Gasteiger partial charge in [-0.15, -0.1) is 0 Å². The van der Waals surface area contributed by atoms with Crippen molar-refractivity contribution in [1.29, 1.82) is 0 Å². The van der Waals surface area contributed by atoms with Crippen molar-refractivity contribution in [1.82, 2.24) is 10.1 Å². The Morgan fingerprint density at radius 1 is 1.15 bits per heavy atom. The molecule has 27 heavy (non-hydrogen) atoms. The second-order valence-electron chi connectivity index (χ2n) is 6.39. The van der Waals surface area contributed by atoms with Crippen molar-refractivity contribution in [3.05, 3.63) is 64.7 Å². The Kier molecular flexibility index (Phi) is 5.94. The van der Waals surface area contributed by atoms with Crippen LogP contribution in [-0.4, -0.2) is 20.0 Å². The number of amides is 1. The molecule has 0 heterocycles. The molecule has 0 atom stereocenters. The molecule has 0 bridgehead atoms. The van der Waals surface area contributed by atoms with E-state index in [0.717, 1.165) is 18.4 Å². The number of hydrogen-bond donors (Lipinski definition) is 2. The summed E-state index contributed by atoms with van der Waals surface area (Å²) in [5.41, 5.74) is 4.58. The lowest BCUT2D eigenvalue weighted by Crippen LogP contribution is -2.23. The molecule has 142 valence electrons. The molecule has 0 aliphatic heterocycles. The molecule has 8 heteroatoms. The van der Waals surface area contributed by atoms with Crippen molar-refractivity contribution >= 4 is 33.2 Å². The summed E-state index contributed by atoms with van der Waals surface area (Å²) in [6, 6.07) is 13.4. The second kappa shape index (κ2) is 8.21. The fourth-order valence-electron chi connectivity index (χ4n) is 2.41. The summed E-state index contributed by atoms with van der Waals surface area (Å²) in [6.45, 7) is 1.86. The molecule has 1 saturated carbocycles. The van der Waals surface area contributed by atoms with E-state index in [2.05, 4.69) is 15.2 Å². The highest BCUT2D eigenvalue weighted by atomic mass is 35.5. The molecule has 6 nitrogen and oxygen atoms in total. The SMILES string of the molecule is C/C(=N/NC(=O)C1CC1)c1ccc(S(=O)(=O)NCc2ccccc2Cl)cc1. The third kappa shape index (κ3) is 5.15. The van der Waals surface area contributed by atoms with Crippen LogP contribution in [0.2, 0.25) is 5.02 Å². The number of benzene rings is 2. The Bertz CT molecular complexity index is 968. The van der Waals surface area contributed by atoms with E-state index in [1.807, 2.05) is 0 Å². The summed E-state index contributed by atoms with van der Waals surface area (Å²) >= 11 is 6.05. The minimum atomic E-state index is -3.66. The average molecular weight is 406 g/mol. The zero-order valence-electron chi connectivity index (χ0n) is 14.8. The molecule has 1 aliphatic rings. The molecule has 3 rings (SSSR count). The normalized spacial score (nSPS) is 14.8. The molecule has 0 unspecified atom stereocenters. The standard InChI is InChI=1S/C19H20ClN3O3S/c1-13(22-23-19(24)15-6-7-15)14-8-10-17(11-9-14)27(25,26)21-12-16-4-2-3-5-18(16)20/h2-5,8-11,15,21H,6-7,12H2,1H3,(H,23,24)/b22-13-. The van der Waals surface area contributed by atoms with Gasteiger partial charge in [-0.2, -0.15) is 5.10 Å². The molecular weight excluding hydrogens is 386 g/mol.